The molecule has 116 valence electrons. The topological polar surface area (TPSA) is 80.3 Å². The molecule has 0 aromatic carbocycles. The maximum Gasteiger partial charge on any atom is 0.191 e. The predicted molar refractivity (Wildman–Crippen MR) is 91.6 cm³/mol. The lowest BCUT2D eigenvalue weighted by Crippen LogP contribution is -2.38. The molecule has 0 unspecified atom stereocenters. The van der Waals surface area contributed by atoms with Gasteiger partial charge >= 0.3 is 0 Å². The summed E-state index contributed by atoms with van der Waals surface area (Å²) in [6.07, 6.45) is 4.17. The Labute approximate surface area is 141 Å². The number of nitrogens with zero attached hydrogens (tertiary/aromatic N) is 4. The number of guanidine groups is 1. The summed E-state index contributed by atoms with van der Waals surface area (Å²) in [5, 5.41) is 14.3. The van der Waals surface area contributed by atoms with Gasteiger partial charge in [0.1, 0.15) is 18.6 Å². The van der Waals surface area contributed by atoms with Gasteiger partial charge < -0.3 is 19.6 Å². The lowest BCUT2D eigenvalue weighted by molar-refractivity contribution is 0.507. The van der Waals surface area contributed by atoms with Gasteiger partial charge in [0.15, 0.2) is 11.8 Å². The van der Waals surface area contributed by atoms with E-state index in [1.807, 2.05) is 30.7 Å². The van der Waals surface area contributed by atoms with Crippen molar-refractivity contribution in [2.45, 2.75) is 19.9 Å². The molecule has 21 heavy (non-hydrogen) atoms. The van der Waals surface area contributed by atoms with E-state index in [1.165, 1.54) is 0 Å². The van der Waals surface area contributed by atoms with Crippen LogP contribution in [0.3, 0.4) is 0 Å². The zero-order valence-corrected chi connectivity index (χ0v) is 14.6. The number of aliphatic imine (C=N–C) groups is 1. The molecule has 0 amide bonds. The largest absolute Gasteiger partial charge is 0.469 e. The molecule has 2 aromatic rings. The van der Waals surface area contributed by atoms with Crippen LogP contribution in [-0.2, 0) is 20.0 Å². The summed E-state index contributed by atoms with van der Waals surface area (Å²) in [4.78, 5) is 4.48. The first-order valence-electron chi connectivity index (χ1n) is 6.67. The lowest BCUT2D eigenvalue weighted by atomic mass is 10.3. The van der Waals surface area contributed by atoms with E-state index in [9.17, 15) is 0 Å². The molecule has 2 N–H and O–H groups in total. The number of hydrogen-bond donors (Lipinski definition) is 2. The second-order valence-electron chi connectivity index (χ2n) is 4.31. The van der Waals surface area contributed by atoms with Crippen molar-refractivity contribution in [2.75, 3.05) is 13.1 Å². The van der Waals surface area contributed by atoms with Crippen LogP contribution in [0.5, 0.6) is 0 Å². The average Bonchev–Trinajstić information content (AvgIpc) is 3.08. The van der Waals surface area contributed by atoms with Crippen LogP contribution in [0.4, 0.5) is 0 Å². The Balaban J connectivity index is 0.00000220. The molecule has 0 saturated carbocycles. The SMILES string of the molecule is CCNC(=NCc1nncn1C)NCCc1ccco1.I. The Bertz CT molecular complexity index is 537. The van der Waals surface area contributed by atoms with Gasteiger partial charge in [0, 0.05) is 26.6 Å². The van der Waals surface area contributed by atoms with E-state index in [4.69, 9.17) is 4.42 Å². The smallest absolute Gasteiger partial charge is 0.191 e. The molecule has 0 fully saturated rings. The highest BCUT2D eigenvalue weighted by Gasteiger charge is 2.02. The number of aryl methyl sites for hydroxylation is 1. The van der Waals surface area contributed by atoms with Gasteiger partial charge in [0.2, 0.25) is 0 Å². The lowest BCUT2D eigenvalue weighted by Gasteiger charge is -2.10. The molecular weight excluding hydrogens is 383 g/mol. The highest BCUT2D eigenvalue weighted by molar-refractivity contribution is 14.0. The molecule has 0 bridgehead atoms. The average molecular weight is 404 g/mol. The van der Waals surface area contributed by atoms with Crippen molar-refractivity contribution >= 4 is 29.9 Å². The summed E-state index contributed by atoms with van der Waals surface area (Å²) in [5.41, 5.74) is 0. The van der Waals surface area contributed by atoms with Gasteiger partial charge in [-0.1, -0.05) is 0 Å². The first-order valence-corrected chi connectivity index (χ1v) is 6.67. The third kappa shape index (κ3) is 5.74. The van der Waals surface area contributed by atoms with Crippen LogP contribution in [-0.4, -0.2) is 33.8 Å². The summed E-state index contributed by atoms with van der Waals surface area (Å²) in [5.74, 6) is 2.55. The van der Waals surface area contributed by atoms with Crippen LogP contribution in [0, 0.1) is 0 Å². The standard InChI is InChI=1S/C13H20N6O.HI/c1-3-14-13(15-7-6-11-5-4-8-20-11)16-9-12-18-17-10-19(12)2;/h4-5,8,10H,3,6-7,9H2,1-2H3,(H2,14,15,16);1H. The Hall–Kier alpha value is -1.58. The second kappa shape index (κ2) is 9.37. The van der Waals surface area contributed by atoms with Gasteiger partial charge in [-0.2, -0.15) is 0 Å². The van der Waals surface area contributed by atoms with Crippen LogP contribution >= 0.6 is 24.0 Å². The number of halogens is 1. The molecule has 0 saturated heterocycles. The van der Waals surface area contributed by atoms with Gasteiger partial charge in [0.25, 0.3) is 0 Å². The quantitative estimate of drug-likeness (QED) is 0.432. The van der Waals surface area contributed by atoms with E-state index in [0.29, 0.717) is 6.54 Å². The van der Waals surface area contributed by atoms with Gasteiger partial charge in [0.05, 0.1) is 6.26 Å². The van der Waals surface area contributed by atoms with E-state index < -0.39 is 0 Å². The van der Waals surface area contributed by atoms with Gasteiger partial charge in [-0.3, -0.25) is 0 Å². The third-order valence-electron chi connectivity index (χ3n) is 2.77. The molecule has 0 aliphatic heterocycles. The second-order valence-corrected chi connectivity index (χ2v) is 4.31. The Kier molecular flexibility index (Phi) is 7.80. The first kappa shape index (κ1) is 17.5. The van der Waals surface area contributed by atoms with Gasteiger partial charge in [-0.15, -0.1) is 34.2 Å². The van der Waals surface area contributed by atoms with Gasteiger partial charge in [-0.05, 0) is 19.1 Å². The van der Waals surface area contributed by atoms with E-state index in [2.05, 4.69) is 25.8 Å². The highest BCUT2D eigenvalue weighted by atomic mass is 127. The number of rotatable bonds is 6. The van der Waals surface area contributed by atoms with Gasteiger partial charge in [-0.25, -0.2) is 4.99 Å². The number of furan rings is 1. The highest BCUT2D eigenvalue weighted by Crippen LogP contribution is 1.99. The van der Waals surface area contributed by atoms with E-state index in [-0.39, 0.29) is 24.0 Å². The molecule has 0 aliphatic rings. The van der Waals surface area contributed by atoms with Crippen molar-refractivity contribution in [1.29, 1.82) is 0 Å². The zero-order chi connectivity index (χ0) is 14.2. The zero-order valence-electron chi connectivity index (χ0n) is 12.2. The van der Waals surface area contributed by atoms with Crippen molar-refractivity contribution in [2.24, 2.45) is 12.0 Å². The summed E-state index contributed by atoms with van der Waals surface area (Å²) in [7, 11) is 1.90. The number of nitrogens with one attached hydrogen (secondary N) is 2. The molecule has 0 radical (unpaired) electrons. The third-order valence-corrected chi connectivity index (χ3v) is 2.77. The van der Waals surface area contributed by atoms with Crippen molar-refractivity contribution < 1.29 is 4.42 Å². The normalized spacial score (nSPS) is 11.0. The minimum atomic E-state index is 0. The molecule has 8 heteroatoms. The van der Waals surface area contributed by atoms with E-state index in [1.54, 1.807) is 12.6 Å². The minimum absolute atomic E-state index is 0. The van der Waals surface area contributed by atoms with E-state index in [0.717, 1.165) is 37.1 Å². The van der Waals surface area contributed by atoms with Crippen LogP contribution in [0.25, 0.3) is 0 Å². The minimum Gasteiger partial charge on any atom is -0.469 e. The maximum atomic E-state index is 5.29. The summed E-state index contributed by atoms with van der Waals surface area (Å²) in [6.45, 7) is 4.10. The molecular formula is C13H21IN6O. The van der Waals surface area contributed by atoms with Crippen molar-refractivity contribution in [3.05, 3.63) is 36.3 Å². The predicted octanol–water partition coefficient (Wildman–Crippen LogP) is 1.32. The van der Waals surface area contributed by atoms with Crippen LogP contribution in [0.2, 0.25) is 0 Å². The molecule has 2 aromatic heterocycles. The fourth-order valence-electron chi connectivity index (χ4n) is 1.70. The molecule has 0 atom stereocenters. The first-order chi connectivity index (χ1) is 9.79. The summed E-state index contributed by atoms with van der Waals surface area (Å²) in [6, 6.07) is 3.86. The van der Waals surface area contributed by atoms with Crippen LogP contribution < -0.4 is 10.6 Å². The number of aromatic nitrogens is 3. The summed E-state index contributed by atoms with van der Waals surface area (Å²) >= 11 is 0. The monoisotopic (exact) mass is 404 g/mol. The van der Waals surface area contributed by atoms with Crippen LogP contribution in [0.1, 0.15) is 18.5 Å². The van der Waals surface area contributed by atoms with Crippen molar-refractivity contribution in [3.8, 4) is 0 Å². The molecule has 2 heterocycles. The van der Waals surface area contributed by atoms with E-state index >= 15 is 0 Å². The summed E-state index contributed by atoms with van der Waals surface area (Å²) < 4.78 is 7.15. The Morgan fingerprint density at radius 1 is 1.43 bits per heavy atom. The maximum absolute atomic E-state index is 5.29. The Morgan fingerprint density at radius 2 is 2.29 bits per heavy atom. The Morgan fingerprint density at radius 3 is 2.90 bits per heavy atom. The molecule has 7 nitrogen and oxygen atoms in total. The molecule has 0 spiro atoms. The van der Waals surface area contributed by atoms with Crippen molar-refractivity contribution in [1.82, 2.24) is 25.4 Å². The molecule has 2 rings (SSSR count). The fraction of sp³-hybridized carbons (Fsp3) is 0.462. The fourth-order valence-corrected chi connectivity index (χ4v) is 1.70. The number of hydrogen-bond acceptors (Lipinski definition) is 4. The molecule has 0 aliphatic carbocycles. The van der Waals surface area contributed by atoms with Crippen LogP contribution in [0.15, 0.2) is 34.1 Å². The van der Waals surface area contributed by atoms with Crippen molar-refractivity contribution in [3.63, 3.8) is 0 Å².